The van der Waals surface area contributed by atoms with Crippen molar-refractivity contribution < 1.29 is 19.1 Å². The van der Waals surface area contributed by atoms with Crippen LogP contribution in [-0.4, -0.2) is 36.3 Å². The largest absolute Gasteiger partial charge is 0.465 e. The number of methoxy groups -OCH3 is 1. The van der Waals surface area contributed by atoms with Crippen molar-refractivity contribution in [2.45, 2.75) is 13.8 Å². The van der Waals surface area contributed by atoms with Crippen LogP contribution in [0.15, 0.2) is 11.1 Å². The van der Waals surface area contributed by atoms with E-state index in [4.69, 9.17) is 0 Å². The van der Waals surface area contributed by atoms with Crippen LogP contribution in [0.5, 0.6) is 0 Å². The van der Waals surface area contributed by atoms with Crippen molar-refractivity contribution in [3.63, 3.8) is 0 Å². The lowest BCUT2D eigenvalue weighted by atomic mass is 10.2. The summed E-state index contributed by atoms with van der Waals surface area (Å²) in [7, 11) is 1.20. The van der Waals surface area contributed by atoms with Crippen LogP contribution in [0.25, 0.3) is 0 Å². The molecule has 0 radical (unpaired) electrons. The van der Waals surface area contributed by atoms with Crippen LogP contribution < -0.4 is 0 Å². The molecule has 0 bridgehead atoms. The average molecular weight is 197 g/mol. The number of imide groups is 1. The van der Waals surface area contributed by atoms with Gasteiger partial charge in [-0.15, -0.1) is 0 Å². The minimum atomic E-state index is -0.684. The monoisotopic (exact) mass is 197 g/mol. The molecule has 0 saturated heterocycles. The molecule has 1 aliphatic rings. The summed E-state index contributed by atoms with van der Waals surface area (Å²) < 4.78 is 4.45. The van der Waals surface area contributed by atoms with Gasteiger partial charge in [0, 0.05) is 6.92 Å². The Morgan fingerprint density at radius 3 is 2.36 bits per heavy atom. The Morgan fingerprint density at radius 1 is 1.43 bits per heavy atom. The van der Waals surface area contributed by atoms with E-state index in [0.717, 1.165) is 4.90 Å². The first-order valence-electron chi connectivity index (χ1n) is 4.09. The maximum absolute atomic E-state index is 11.5. The fourth-order valence-corrected chi connectivity index (χ4v) is 1.32. The smallest absolute Gasteiger partial charge is 0.343 e. The van der Waals surface area contributed by atoms with Gasteiger partial charge in [0.25, 0.3) is 5.91 Å². The van der Waals surface area contributed by atoms with Crippen molar-refractivity contribution in [2.24, 2.45) is 0 Å². The second-order valence-electron chi connectivity index (χ2n) is 3.06. The van der Waals surface area contributed by atoms with Gasteiger partial charge in [0.2, 0.25) is 5.91 Å². The Hall–Kier alpha value is -1.65. The third-order valence-electron chi connectivity index (χ3n) is 2.05. The molecule has 5 heteroatoms. The van der Waals surface area contributed by atoms with Gasteiger partial charge in [-0.1, -0.05) is 0 Å². The molecule has 0 unspecified atom stereocenters. The van der Waals surface area contributed by atoms with E-state index >= 15 is 0 Å². The van der Waals surface area contributed by atoms with Crippen LogP contribution in [0, 0.1) is 0 Å². The maximum Gasteiger partial charge on any atom is 0.343 e. The van der Waals surface area contributed by atoms with Crippen molar-refractivity contribution in [2.75, 3.05) is 13.7 Å². The van der Waals surface area contributed by atoms with Gasteiger partial charge in [0.05, 0.1) is 13.7 Å². The Bertz CT molecular complexity index is 343. The molecule has 1 rings (SSSR count). The number of hydrogen-bond acceptors (Lipinski definition) is 4. The molecule has 0 aromatic heterocycles. The van der Waals surface area contributed by atoms with Crippen LogP contribution in [0.3, 0.4) is 0 Å². The summed E-state index contributed by atoms with van der Waals surface area (Å²) in [5.74, 6) is -1.62. The summed E-state index contributed by atoms with van der Waals surface area (Å²) in [6, 6.07) is 0. The maximum atomic E-state index is 11.5. The fraction of sp³-hybridized carbons (Fsp3) is 0.444. The molecule has 0 aromatic carbocycles. The molecule has 0 aromatic rings. The van der Waals surface area contributed by atoms with Crippen molar-refractivity contribution in [3.8, 4) is 0 Å². The number of nitrogens with zero attached hydrogens (tertiary/aromatic N) is 1. The molecule has 1 heterocycles. The minimum absolute atomic E-state index is 0.0253. The SMILES string of the molecule is COC(=O)C1=C(C)CN(C(C)=O)C1=O. The van der Waals surface area contributed by atoms with E-state index in [9.17, 15) is 14.4 Å². The highest BCUT2D eigenvalue weighted by atomic mass is 16.5. The fourth-order valence-electron chi connectivity index (χ4n) is 1.32. The lowest BCUT2D eigenvalue weighted by molar-refractivity contribution is -0.142. The van der Waals surface area contributed by atoms with Crippen LogP contribution in [0.2, 0.25) is 0 Å². The van der Waals surface area contributed by atoms with Gasteiger partial charge in [-0.25, -0.2) is 4.79 Å². The highest BCUT2D eigenvalue weighted by Gasteiger charge is 2.35. The molecular formula is C9H11NO4. The molecule has 2 amide bonds. The Labute approximate surface area is 81.3 Å². The Balaban J connectivity index is 2.98. The molecule has 1 aliphatic heterocycles. The van der Waals surface area contributed by atoms with Crippen molar-refractivity contribution in [1.82, 2.24) is 4.90 Å². The van der Waals surface area contributed by atoms with Gasteiger partial charge in [-0.2, -0.15) is 0 Å². The van der Waals surface area contributed by atoms with E-state index in [-0.39, 0.29) is 18.0 Å². The zero-order valence-electron chi connectivity index (χ0n) is 8.29. The lowest BCUT2D eigenvalue weighted by Gasteiger charge is -2.10. The van der Waals surface area contributed by atoms with E-state index in [1.54, 1.807) is 6.92 Å². The van der Waals surface area contributed by atoms with Gasteiger partial charge in [-0.3, -0.25) is 14.5 Å². The molecule has 76 valence electrons. The standard InChI is InChI=1S/C9H11NO4/c1-5-4-10(6(2)11)8(12)7(5)9(13)14-3/h4H2,1-3H3. The van der Waals surface area contributed by atoms with E-state index in [1.165, 1.54) is 14.0 Å². The summed E-state index contributed by atoms with van der Waals surface area (Å²) in [4.78, 5) is 34.7. The van der Waals surface area contributed by atoms with E-state index in [1.807, 2.05) is 0 Å². The first kappa shape index (κ1) is 10.4. The summed E-state index contributed by atoms with van der Waals surface area (Å²) in [6.45, 7) is 3.09. The second-order valence-corrected chi connectivity index (χ2v) is 3.06. The van der Waals surface area contributed by atoms with Crippen LogP contribution in [0.1, 0.15) is 13.8 Å². The number of esters is 1. The van der Waals surface area contributed by atoms with Gasteiger partial charge in [0.1, 0.15) is 5.57 Å². The lowest BCUT2D eigenvalue weighted by Crippen LogP contribution is -2.33. The van der Waals surface area contributed by atoms with Gasteiger partial charge in [-0.05, 0) is 12.5 Å². The van der Waals surface area contributed by atoms with E-state index < -0.39 is 11.9 Å². The first-order chi connectivity index (χ1) is 6.49. The summed E-state index contributed by atoms with van der Waals surface area (Å²) >= 11 is 0. The normalized spacial score (nSPS) is 16.2. The summed E-state index contributed by atoms with van der Waals surface area (Å²) in [5.41, 5.74) is 0.541. The predicted molar refractivity (Wildman–Crippen MR) is 47.1 cm³/mol. The van der Waals surface area contributed by atoms with E-state index in [2.05, 4.69) is 4.74 Å². The number of hydrogen-bond donors (Lipinski definition) is 0. The van der Waals surface area contributed by atoms with Crippen molar-refractivity contribution in [1.29, 1.82) is 0 Å². The molecule has 0 fully saturated rings. The molecule has 0 aliphatic carbocycles. The minimum Gasteiger partial charge on any atom is -0.465 e. The number of amides is 2. The van der Waals surface area contributed by atoms with Gasteiger partial charge < -0.3 is 4.74 Å². The third kappa shape index (κ3) is 1.53. The van der Waals surface area contributed by atoms with Crippen molar-refractivity contribution >= 4 is 17.8 Å². The second kappa shape index (κ2) is 3.61. The zero-order chi connectivity index (χ0) is 10.9. The highest BCUT2D eigenvalue weighted by Crippen LogP contribution is 2.19. The molecule has 0 saturated carbocycles. The van der Waals surface area contributed by atoms with E-state index in [0.29, 0.717) is 5.57 Å². The number of carbonyl (C=O) groups excluding carboxylic acids is 3. The van der Waals surface area contributed by atoms with Crippen LogP contribution in [-0.2, 0) is 19.1 Å². The van der Waals surface area contributed by atoms with Gasteiger partial charge >= 0.3 is 5.97 Å². The third-order valence-corrected chi connectivity index (χ3v) is 2.05. The van der Waals surface area contributed by atoms with Crippen LogP contribution in [0.4, 0.5) is 0 Å². The topological polar surface area (TPSA) is 63.7 Å². The molecule has 5 nitrogen and oxygen atoms in total. The highest BCUT2D eigenvalue weighted by molar-refractivity contribution is 6.22. The van der Waals surface area contributed by atoms with Crippen molar-refractivity contribution in [3.05, 3.63) is 11.1 Å². The zero-order valence-corrected chi connectivity index (χ0v) is 8.29. The molecule has 0 atom stereocenters. The molecule has 0 spiro atoms. The van der Waals surface area contributed by atoms with Crippen LogP contribution >= 0.6 is 0 Å². The molecular weight excluding hydrogens is 186 g/mol. The Kier molecular flexibility index (Phi) is 2.69. The predicted octanol–water partition coefficient (Wildman–Crippen LogP) is -0.135. The number of ether oxygens (including phenoxy) is 1. The number of carbonyl (C=O) groups is 3. The quantitative estimate of drug-likeness (QED) is 0.433. The van der Waals surface area contributed by atoms with Gasteiger partial charge in [0.15, 0.2) is 0 Å². The summed E-state index contributed by atoms with van der Waals surface area (Å²) in [5, 5.41) is 0. The Morgan fingerprint density at radius 2 is 2.00 bits per heavy atom. The number of rotatable bonds is 1. The summed E-state index contributed by atoms with van der Waals surface area (Å²) in [6.07, 6.45) is 0. The molecule has 0 N–H and O–H groups in total. The average Bonchev–Trinajstić information content (AvgIpc) is 2.41. The molecule has 14 heavy (non-hydrogen) atoms. The first-order valence-corrected chi connectivity index (χ1v) is 4.09.